The van der Waals surface area contributed by atoms with Crippen LogP contribution in [0.25, 0.3) is 11.1 Å². The number of unbranched alkanes of at least 4 members (excludes halogenated alkanes) is 4. The molecule has 41 heavy (non-hydrogen) atoms. The van der Waals surface area contributed by atoms with Crippen LogP contribution in [0.5, 0.6) is 0 Å². The maximum absolute atomic E-state index is 6.31. The molecule has 1 fully saturated rings. The van der Waals surface area contributed by atoms with Gasteiger partial charge in [0.1, 0.15) is 8.07 Å². The number of hydrogen-bond donors (Lipinski definition) is 0. The molecule has 2 nitrogen and oxygen atoms in total. The molecule has 1 saturated heterocycles. The maximum Gasteiger partial charge on any atom is 0.158 e. The molecule has 0 saturated carbocycles. The van der Waals surface area contributed by atoms with Crippen molar-refractivity contribution in [3.8, 4) is 11.1 Å². The van der Waals surface area contributed by atoms with Crippen LogP contribution in [0, 0.1) is 0 Å². The fourth-order valence-corrected chi connectivity index (χ4v) is 10.5. The molecule has 1 unspecified atom stereocenters. The quantitative estimate of drug-likeness (QED) is 0.138. The van der Waals surface area contributed by atoms with Crippen molar-refractivity contribution in [2.45, 2.75) is 116 Å². The highest BCUT2D eigenvalue weighted by atomic mass is 79.9. The van der Waals surface area contributed by atoms with Crippen LogP contribution in [0.4, 0.5) is 0 Å². The molecule has 0 aromatic heterocycles. The number of ether oxygens (including phenoxy) is 2. The van der Waals surface area contributed by atoms with Gasteiger partial charge in [-0.25, -0.2) is 0 Å². The second-order valence-corrected chi connectivity index (χ2v) is 18.1. The molecule has 2 aliphatic rings. The monoisotopic (exact) mass is 632 g/mol. The number of halogens is 1. The number of fused-ring (bicyclic) bond motifs is 3. The Morgan fingerprint density at radius 2 is 1.54 bits per heavy atom. The summed E-state index contributed by atoms with van der Waals surface area (Å²) in [5.74, 6) is 0. The van der Waals surface area contributed by atoms with E-state index in [0.717, 1.165) is 19.4 Å². The molecule has 0 amide bonds. The van der Waals surface area contributed by atoms with Gasteiger partial charge in [-0.1, -0.05) is 135 Å². The van der Waals surface area contributed by atoms with Crippen LogP contribution in [0.1, 0.15) is 101 Å². The molecule has 4 heteroatoms. The predicted octanol–water partition coefficient (Wildman–Crippen LogP) is 9.74. The summed E-state index contributed by atoms with van der Waals surface area (Å²) < 4.78 is 13.4. The van der Waals surface area contributed by atoms with Crippen molar-refractivity contribution in [3.63, 3.8) is 0 Å². The highest BCUT2D eigenvalue weighted by Crippen LogP contribution is 2.54. The summed E-state index contributed by atoms with van der Waals surface area (Å²) in [7, 11) is -2.01. The van der Waals surface area contributed by atoms with Gasteiger partial charge in [-0.05, 0) is 77.2 Å². The van der Waals surface area contributed by atoms with Crippen molar-refractivity contribution in [2.24, 2.45) is 0 Å². The van der Waals surface area contributed by atoms with Crippen molar-refractivity contribution >= 4 is 34.4 Å². The smallest absolute Gasteiger partial charge is 0.158 e. The molecule has 1 heterocycles. The third-order valence-electron chi connectivity index (χ3n) is 9.71. The first-order chi connectivity index (χ1) is 19.9. The molecular formula is C37H49BrO2Si. The highest BCUT2D eigenvalue weighted by molar-refractivity contribution is 9.10. The van der Waals surface area contributed by atoms with Crippen molar-refractivity contribution in [1.29, 1.82) is 0 Å². The summed E-state index contributed by atoms with van der Waals surface area (Å²) in [6, 6.07) is 23.6. The Morgan fingerprint density at radius 1 is 0.854 bits per heavy atom. The standard InChI is InChI=1S/C37H49BrO2Si/c1-5-7-12-22-37(23-13-8-6-2)33-25-29(38)18-20-31(33)32-21-19-30(26-34(32)37)41(3,4)35-16-10-9-15-28(35)27-40-36-17-11-14-24-39-36/h9-10,15-16,18-21,25-26,36H,5-8,11-14,17,22-24,27H2,1-4H3. The first-order valence-electron chi connectivity index (χ1n) is 16.2. The Labute approximate surface area is 258 Å². The van der Waals surface area contributed by atoms with Crippen LogP contribution >= 0.6 is 15.9 Å². The minimum atomic E-state index is -2.01. The zero-order valence-corrected chi connectivity index (χ0v) is 28.3. The van der Waals surface area contributed by atoms with E-state index in [1.165, 1.54) is 89.3 Å². The van der Waals surface area contributed by atoms with E-state index in [1.54, 1.807) is 11.1 Å². The third-order valence-corrected chi connectivity index (χ3v) is 13.8. The molecule has 0 radical (unpaired) electrons. The van der Waals surface area contributed by atoms with Gasteiger partial charge in [0.25, 0.3) is 0 Å². The first-order valence-corrected chi connectivity index (χ1v) is 20.0. The number of benzene rings is 3. The predicted molar refractivity (Wildman–Crippen MR) is 180 cm³/mol. The van der Waals surface area contributed by atoms with E-state index in [4.69, 9.17) is 9.47 Å². The lowest BCUT2D eigenvalue weighted by Gasteiger charge is -2.34. The summed E-state index contributed by atoms with van der Waals surface area (Å²) in [6.07, 6.45) is 13.4. The Kier molecular flexibility index (Phi) is 10.3. The molecule has 1 atom stereocenters. The van der Waals surface area contributed by atoms with Gasteiger partial charge < -0.3 is 9.47 Å². The lowest BCUT2D eigenvalue weighted by atomic mass is 9.70. The minimum absolute atomic E-state index is 0.0636. The van der Waals surface area contributed by atoms with Gasteiger partial charge in [0, 0.05) is 16.5 Å². The Bertz CT molecular complexity index is 1300. The van der Waals surface area contributed by atoms with Crippen molar-refractivity contribution < 1.29 is 9.47 Å². The van der Waals surface area contributed by atoms with Gasteiger partial charge in [0.15, 0.2) is 6.29 Å². The van der Waals surface area contributed by atoms with Crippen molar-refractivity contribution in [1.82, 2.24) is 0 Å². The van der Waals surface area contributed by atoms with Crippen LogP contribution in [-0.2, 0) is 21.5 Å². The van der Waals surface area contributed by atoms with Crippen LogP contribution in [-0.4, -0.2) is 21.0 Å². The molecule has 5 rings (SSSR count). The van der Waals surface area contributed by atoms with E-state index < -0.39 is 8.07 Å². The van der Waals surface area contributed by atoms with Crippen LogP contribution in [0.2, 0.25) is 13.1 Å². The molecule has 220 valence electrons. The third kappa shape index (κ3) is 6.46. The van der Waals surface area contributed by atoms with Gasteiger partial charge >= 0.3 is 0 Å². The fourth-order valence-electron chi connectivity index (χ4n) is 7.31. The fraction of sp³-hybridized carbons (Fsp3) is 0.514. The summed E-state index contributed by atoms with van der Waals surface area (Å²) >= 11 is 3.84. The second-order valence-electron chi connectivity index (χ2n) is 12.8. The topological polar surface area (TPSA) is 18.5 Å². The molecule has 1 aliphatic heterocycles. The lowest BCUT2D eigenvalue weighted by Crippen LogP contribution is -2.54. The van der Waals surface area contributed by atoms with E-state index in [-0.39, 0.29) is 11.7 Å². The average molecular weight is 634 g/mol. The summed E-state index contributed by atoms with van der Waals surface area (Å²) in [6.45, 7) is 11.1. The normalized spacial score (nSPS) is 17.8. The summed E-state index contributed by atoms with van der Waals surface area (Å²) in [5, 5.41) is 3.01. The molecule has 0 bridgehead atoms. The average Bonchev–Trinajstić information content (AvgIpc) is 3.25. The van der Waals surface area contributed by atoms with E-state index in [1.807, 2.05) is 0 Å². The number of hydrogen-bond acceptors (Lipinski definition) is 2. The van der Waals surface area contributed by atoms with Crippen molar-refractivity contribution in [3.05, 3.63) is 81.8 Å². The maximum atomic E-state index is 6.31. The van der Waals surface area contributed by atoms with E-state index in [9.17, 15) is 0 Å². The molecule has 1 aliphatic carbocycles. The Balaban J connectivity index is 1.54. The second kappa shape index (κ2) is 13.7. The first kappa shape index (κ1) is 30.7. The van der Waals surface area contributed by atoms with Gasteiger partial charge in [-0.15, -0.1) is 0 Å². The van der Waals surface area contributed by atoms with Crippen LogP contribution in [0.3, 0.4) is 0 Å². The number of rotatable bonds is 13. The molecule has 3 aromatic carbocycles. The summed E-state index contributed by atoms with van der Waals surface area (Å²) in [5.41, 5.74) is 7.46. The van der Waals surface area contributed by atoms with E-state index in [2.05, 4.69) is 104 Å². The lowest BCUT2D eigenvalue weighted by molar-refractivity contribution is -0.168. The van der Waals surface area contributed by atoms with Gasteiger partial charge in [0.05, 0.1) is 6.61 Å². The van der Waals surface area contributed by atoms with E-state index >= 15 is 0 Å². The largest absolute Gasteiger partial charge is 0.353 e. The molecule has 0 spiro atoms. The van der Waals surface area contributed by atoms with Crippen LogP contribution < -0.4 is 10.4 Å². The highest BCUT2D eigenvalue weighted by Gasteiger charge is 2.43. The zero-order chi connectivity index (χ0) is 28.9. The van der Waals surface area contributed by atoms with Gasteiger partial charge in [0.2, 0.25) is 0 Å². The van der Waals surface area contributed by atoms with Crippen LogP contribution in [0.15, 0.2) is 65.1 Å². The van der Waals surface area contributed by atoms with Crippen molar-refractivity contribution in [2.75, 3.05) is 6.61 Å². The Hall–Kier alpha value is -1.72. The minimum Gasteiger partial charge on any atom is -0.353 e. The van der Waals surface area contributed by atoms with E-state index in [0.29, 0.717) is 6.61 Å². The molecular weight excluding hydrogens is 584 g/mol. The molecule has 0 N–H and O–H groups in total. The summed E-state index contributed by atoms with van der Waals surface area (Å²) in [4.78, 5) is 0. The van der Waals surface area contributed by atoms with Gasteiger partial charge in [-0.2, -0.15) is 0 Å². The SMILES string of the molecule is CCCCCC1(CCCCC)c2cc(Br)ccc2-c2ccc([Si](C)(C)c3ccccc3COC3CCCCO3)cc21. The Morgan fingerprint density at radius 3 is 2.22 bits per heavy atom. The zero-order valence-electron chi connectivity index (χ0n) is 25.7. The molecule has 3 aromatic rings. The van der Waals surface area contributed by atoms with Gasteiger partial charge in [-0.3, -0.25) is 0 Å².